The third kappa shape index (κ3) is 4.14. The van der Waals surface area contributed by atoms with Crippen molar-refractivity contribution in [3.8, 4) is 0 Å². The number of halogens is 1. The summed E-state index contributed by atoms with van der Waals surface area (Å²) in [5, 5.41) is 2.39. The summed E-state index contributed by atoms with van der Waals surface area (Å²) in [5.41, 5.74) is -0.0272. The van der Waals surface area contributed by atoms with Crippen molar-refractivity contribution in [2.24, 2.45) is 5.92 Å². The highest BCUT2D eigenvalue weighted by atomic mass is 32.3. The lowest BCUT2D eigenvalue weighted by molar-refractivity contribution is -0.116. The molecule has 0 aliphatic heterocycles. The Morgan fingerprint density at radius 1 is 1.35 bits per heavy atom. The molecule has 1 aromatic carbocycles. The lowest BCUT2D eigenvalue weighted by Gasteiger charge is -2.09. The fraction of sp³-hybridized carbons (Fsp3) is 0.364. The highest BCUT2D eigenvalue weighted by Crippen LogP contribution is 2.22. The maximum absolute atomic E-state index is 12.9. The van der Waals surface area contributed by atoms with Crippen LogP contribution in [0.15, 0.2) is 29.2 Å². The second-order valence-electron chi connectivity index (χ2n) is 4.08. The van der Waals surface area contributed by atoms with Crippen LogP contribution in [-0.2, 0) is 15.0 Å². The average molecular weight is 259 g/mol. The van der Waals surface area contributed by atoms with Gasteiger partial charge in [0.15, 0.2) is 0 Å². The standard InChI is InChI=1S/C11H14FNO3S/c1-8(2)7-11(14)13-9-5-3-4-6-10(9)17(12,15)16/h3-6,8H,7H2,1-2H3,(H,13,14). The number of carbonyl (C=O) groups is 1. The molecule has 1 aromatic rings. The lowest BCUT2D eigenvalue weighted by atomic mass is 10.1. The summed E-state index contributed by atoms with van der Waals surface area (Å²) in [6.07, 6.45) is 0.251. The molecular weight excluding hydrogens is 245 g/mol. The molecule has 0 saturated carbocycles. The zero-order valence-corrected chi connectivity index (χ0v) is 10.4. The first kappa shape index (κ1) is 13.6. The van der Waals surface area contributed by atoms with Crippen LogP contribution < -0.4 is 5.32 Å². The molecule has 6 heteroatoms. The van der Waals surface area contributed by atoms with E-state index in [1.807, 2.05) is 13.8 Å². The maximum atomic E-state index is 12.9. The molecule has 1 rings (SSSR count). The molecule has 17 heavy (non-hydrogen) atoms. The van der Waals surface area contributed by atoms with Gasteiger partial charge < -0.3 is 5.32 Å². The van der Waals surface area contributed by atoms with E-state index in [2.05, 4.69) is 5.32 Å². The van der Waals surface area contributed by atoms with E-state index < -0.39 is 15.1 Å². The molecule has 0 saturated heterocycles. The number of benzene rings is 1. The Balaban J connectivity index is 2.96. The molecule has 1 amide bonds. The van der Waals surface area contributed by atoms with E-state index in [0.29, 0.717) is 0 Å². The molecule has 0 aliphatic rings. The van der Waals surface area contributed by atoms with Crippen molar-refractivity contribution in [1.29, 1.82) is 0 Å². The number of rotatable bonds is 4. The number of hydrogen-bond acceptors (Lipinski definition) is 3. The Morgan fingerprint density at radius 2 is 1.94 bits per heavy atom. The molecular formula is C11H14FNO3S. The molecule has 0 aliphatic carbocycles. The summed E-state index contributed by atoms with van der Waals surface area (Å²) >= 11 is 0. The Kier molecular flexibility index (Phi) is 4.22. The van der Waals surface area contributed by atoms with Gasteiger partial charge in [-0.2, -0.15) is 8.42 Å². The topological polar surface area (TPSA) is 63.2 Å². The van der Waals surface area contributed by atoms with Crippen LogP contribution in [-0.4, -0.2) is 14.3 Å². The van der Waals surface area contributed by atoms with Crippen molar-refractivity contribution in [2.75, 3.05) is 5.32 Å². The van der Waals surface area contributed by atoms with Crippen molar-refractivity contribution >= 4 is 21.8 Å². The number of amides is 1. The van der Waals surface area contributed by atoms with Gasteiger partial charge in [-0.1, -0.05) is 26.0 Å². The minimum Gasteiger partial charge on any atom is -0.325 e. The van der Waals surface area contributed by atoms with Crippen LogP contribution in [0.5, 0.6) is 0 Å². The minimum atomic E-state index is -4.82. The number of nitrogens with one attached hydrogen (secondary N) is 1. The summed E-state index contributed by atoms with van der Waals surface area (Å²) < 4.78 is 34.6. The van der Waals surface area contributed by atoms with E-state index in [4.69, 9.17) is 0 Å². The predicted molar refractivity (Wildman–Crippen MR) is 62.8 cm³/mol. The summed E-state index contributed by atoms with van der Waals surface area (Å²) in [4.78, 5) is 11.0. The van der Waals surface area contributed by atoms with Gasteiger partial charge in [-0.25, -0.2) is 0 Å². The first-order valence-corrected chi connectivity index (χ1v) is 6.52. The van der Waals surface area contributed by atoms with Gasteiger partial charge in [0.2, 0.25) is 5.91 Å². The SMILES string of the molecule is CC(C)CC(=O)Nc1ccccc1S(=O)(=O)F. The van der Waals surface area contributed by atoms with Gasteiger partial charge in [-0.05, 0) is 18.1 Å². The summed E-state index contributed by atoms with van der Waals surface area (Å²) in [5.74, 6) is -0.194. The van der Waals surface area contributed by atoms with Crippen LogP contribution in [0.25, 0.3) is 0 Å². The smallest absolute Gasteiger partial charge is 0.325 e. The quantitative estimate of drug-likeness (QED) is 0.844. The van der Waals surface area contributed by atoms with Crippen LogP contribution >= 0.6 is 0 Å². The Labute approximate surface area is 100 Å². The van der Waals surface area contributed by atoms with Gasteiger partial charge in [0.25, 0.3) is 0 Å². The molecule has 0 bridgehead atoms. The highest BCUT2D eigenvalue weighted by molar-refractivity contribution is 7.86. The normalized spacial score (nSPS) is 11.5. The fourth-order valence-electron chi connectivity index (χ4n) is 1.35. The van der Waals surface area contributed by atoms with Crippen LogP contribution in [0, 0.1) is 5.92 Å². The molecule has 0 unspecified atom stereocenters. The monoisotopic (exact) mass is 259 g/mol. The minimum absolute atomic E-state index is 0.0272. The van der Waals surface area contributed by atoms with Gasteiger partial charge in [0, 0.05) is 6.42 Å². The highest BCUT2D eigenvalue weighted by Gasteiger charge is 2.18. The fourth-order valence-corrected chi connectivity index (χ4v) is 1.98. The van der Waals surface area contributed by atoms with Crippen LogP contribution in [0.3, 0.4) is 0 Å². The number of carbonyl (C=O) groups excluding carboxylic acids is 1. The second-order valence-corrected chi connectivity index (χ2v) is 5.40. The van der Waals surface area contributed by atoms with Gasteiger partial charge in [0.05, 0.1) is 5.69 Å². The predicted octanol–water partition coefficient (Wildman–Crippen LogP) is 2.33. The number of para-hydroxylation sites is 1. The summed E-state index contributed by atoms with van der Waals surface area (Å²) in [6.45, 7) is 3.72. The molecule has 0 aromatic heterocycles. The first-order valence-electron chi connectivity index (χ1n) is 5.14. The molecule has 0 heterocycles. The van der Waals surface area contributed by atoms with Gasteiger partial charge >= 0.3 is 10.2 Å². The molecule has 0 atom stereocenters. The van der Waals surface area contributed by atoms with E-state index in [1.54, 1.807) is 0 Å². The average Bonchev–Trinajstić information content (AvgIpc) is 2.15. The van der Waals surface area contributed by atoms with Crippen molar-refractivity contribution < 1.29 is 17.1 Å². The summed E-state index contributed by atoms with van der Waals surface area (Å²) in [7, 11) is -4.82. The third-order valence-corrected chi connectivity index (χ3v) is 2.90. The molecule has 0 fully saturated rings. The molecule has 94 valence electrons. The van der Waals surface area contributed by atoms with Crippen molar-refractivity contribution in [3.63, 3.8) is 0 Å². The van der Waals surface area contributed by atoms with Crippen molar-refractivity contribution in [1.82, 2.24) is 0 Å². The zero-order valence-electron chi connectivity index (χ0n) is 9.60. The van der Waals surface area contributed by atoms with Gasteiger partial charge in [-0.3, -0.25) is 4.79 Å². The van der Waals surface area contributed by atoms with Crippen LogP contribution in [0.2, 0.25) is 0 Å². The van der Waals surface area contributed by atoms with E-state index in [9.17, 15) is 17.1 Å². The molecule has 4 nitrogen and oxygen atoms in total. The Bertz CT molecular complexity index is 511. The number of hydrogen-bond donors (Lipinski definition) is 1. The van der Waals surface area contributed by atoms with Crippen molar-refractivity contribution in [3.05, 3.63) is 24.3 Å². The first-order chi connectivity index (χ1) is 7.80. The molecule has 0 spiro atoms. The Hall–Kier alpha value is -1.43. The van der Waals surface area contributed by atoms with Crippen molar-refractivity contribution in [2.45, 2.75) is 25.2 Å². The van der Waals surface area contributed by atoms with Crippen LogP contribution in [0.1, 0.15) is 20.3 Å². The molecule has 1 N–H and O–H groups in total. The van der Waals surface area contributed by atoms with Crippen LogP contribution in [0.4, 0.5) is 9.57 Å². The zero-order chi connectivity index (χ0) is 13.1. The molecule has 0 radical (unpaired) electrons. The van der Waals surface area contributed by atoms with Gasteiger partial charge in [-0.15, -0.1) is 3.89 Å². The second kappa shape index (κ2) is 5.27. The number of anilines is 1. The van der Waals surface area contributed by atoms with E-state index in [0.717, 1.165) is 6.07 Å². The van der Waals surface area contributed by atoms with E-state index in [-0.39, 0.29) is 23.9 Å². The van der Waals surface area contributed by atoms with Gasteiger partial charge in [0.1, 0.15) is 4.90 Å². The summed E-state index contributed by atoms with van der Waals surface area (Å²) in [6, 6.07) is 5.38. The lowest BCUT2D eigenvalue weighted by Crippen LogP contribution is -2.15. The third-order valence-electron chi connectivity index (χ3n) is 2.02. The largest absolute Gasteiger partial charge is 0.334 e. The Morgan fingerprint density at radius 3 is 2.47 bits per heavy atom. The maximum Gasteiger partial charge on any atom is 0.334 e. The van der Waals surface area contributed by atoms with E-state index in [1.165, 1.54) is 18.2 Å². The van der Waals surface area contributed by atoms with E-state index >= 15 is 0 Å².